The maximum atomic E-state index is 12.7. The molecule has 6 nitrogen and oxygen atoms in total. The number of piperazine rings is 1. The van der Waals surface area contributed by atoms with E-state index in [4.69, 9.17) is 0 Å². The Bertz CT molecular complexity index is 696. The minimum atomic E-state index is -3.47. The van der Waals surface area contributed by atoms with Gasteiger partial charge in [0.05, 0.1) is 10.9 Å². The van der Waals surface area contributed by atoms with E-state index in [1.807, 2.05) is 11.8 Å². The van der Waals surface area contributed by atoms with Gasteiger partial charge in [0.15, 0.2) is 0 Å². The molecule has 1 aliphatic carbocycles. The molecule has 0 radical (unpaired) electrons. The van der Waals surface area contributed by atoms with E-state index >= 15 is 0 Å². The average Bonchev–Trinajstić information content (AvgIpc) is 3.38. The van der Waals surface area contributed by atoms with Gasteiger partial charge in [-0.2, -0.15) is 4.31 Å². The van der Waals surface area contributed by atoms with Gasteiger partial charge in [-0.3, -0.25) is 9.69 Å². The lowest BCUT2D eigenvalue weighted by Crippen LogP contribution is -2.55. The summed E-state index contributed by atoms with van der Waals surface area (Å²) in [6, 6.07) is 6.80. The Balaban J connectivity index is 1.59. The number of amides is 1. The number of hydrogen-bond acceptors (Lipinski definition) is 4. The van der Waals surface area contributed by atoms with E-state index < -0.39 is 10.0 Å². The van der Waals surface area contributed by atoms with Gasteiger partial charge in [0.1, 0.15) is 0 Å². The Labute approximate surface area is 151 Å². The van der Waals surface area contributed by atoms with Crippen LogP contribution in [0.4, 0.5) is 0 Å². The van der Waals surface area contributed by atoms with Crippen LogP contribution in [-0.4, -0.2) is 61.8 Å². The van der Waals surface area contributed by atoms with Gasteiger partial charge < -0.3 is 5.32 Å². The lowest BCUT2D eigenvalue weighted by molar-refractivity contribution is -0.126. The third-order valence-corrected chi connectivity index (χ3v) is 7.02. The topological polar surface area (TPSA) is 69.7 Å². The number of carbonyl (C=O) groups excluding carboxylic acids is 1. The van der Waals surface area contributed by atoms with Crippen LogP contribution in [0.25, 0.3) is 0 Å². The van der Waals surface area contributed by atoms with Gasteiger partial charge in [-0.1, -0.05) is 15.9 Å². The largest absolute Gasteiger partial charge is 0.352 e. The SMILES string of the molecule is C[C@H](C(=O)NC1CC1)N1CCN(S(=O)(=O)c2ccc(Br)cc2)CC1. The van der Waals surface area contributed by atoms with Crippen LogP contribution in [0.3, 0.4) is 0 Å². The summed E-state index contributed by atoms with van der Waals surface area (Å²) in [4.78, 5) is 14.5. The molecule has 8 heteroatoms. The molecular formula is C16H22BrN3O3S. The number of sulfonamides is 1. The highest BCUT2D eigenvalue weighted by atomic mass is 79.9. The molecule has 132 valence electrons. The standard InChI is InChI=1S/C16H22BrN3O3S/c1-12(16(21)18-14-4-5-14)19-8-10-20(11-9-19)24(22,23)15-6-2-13(17)3-7-15/h2-3,6-7,12,14H,4-5,8-11H2,1H3,(H,18,21)/t12-/m1/s1. The molecule has 1 saturated carbocycles. The molecule has 1 aliphatic heterocycles. The number of rotatable bonds is 5. The highest BCUT2D eigenvalue weighted by Gasteiger charge is 2.33. The summed E-state index contributed by atoms with van der Waals surface area (Å²) in [5.74, 6) is 0.0433. The number of halogens is 1. The summed E-state index contributed by atoms with van der Waals surface area (Å²) >= 11 is 3.31. The van der Waals surface area contributed by atoms with Crippen molar-refractivity contribution in [3.63, 3.8) is 0 Å². The molecule has 1 aromatic rings. The Morgan fingerprint density at radius 3 is 2.29 bits per heavy atom. The Hall–Kier alpha value is -0.960. The first-order chi connectivity index (χ1) is 11.4. The number of carbonyl (C=O) groups is 1. The Kier molecular flexibility index (Phi) is 5.29. The molecule has 24 heavy (non-hydrogen) atoms. The molecule has 1 aromatic carbocycles. The highest BCUT2D eigenvalue weighted by Crippen LogP contribution is 2.21. The molecular weight excluding hydrogens is 394 g/mol. The van der Waals surface area contributed by atoms with Crippen molar-refractivity contribution in [2.45, 2.75) is 36.7 Å². The highest BCUT2D eigenvalue weighted by molar-refractivity contribution is 9.10. The first-order valence-corrected chi connectivity index (χ1v) is 10.4. The average molecular weight is 416 g/mol. The van der Waals surface area contributed by atoms with E-state index in [-0.39, 0.29) is 11.9 Å². The second kappa shape index (κ2) is 7.11. The van der Waals surface area contributed by atoms with Crippen LogP contribution in [0.15, 0.2) is 33.6 Å². The van der Waals surface area contributed by atoms with Crippen molar-refractivity contribution >= 4 is 31.9 Å². The zero-order valence-corrected chi connectivity index (χ0v) is 16.0. The molecule has 3 rings (SSSR count). The smallest absolute Gasteiger partial charge is 0.243 e. The lowest BCUT2D eigenvalue weighted by Gasteiger charge is -2.36. The van der Waals surface area contributed by atoms with E-state index in [1.165, 1.54) is 4.31 Å². The van der Waals surface area contributed by atoms with Gasteiger partial charge in [-0.15, -0.1) is 0 Å². The van der Waals surface area contributed by atoms with Gasteiger partial charge in [-0.25, -0.2) is 8.42 Å². The maximum absolute atomic E-state index is 12.7. The third-order valence-electron chi connectivity index (χ3n) is 4.58. The summed E-state index contributed by atoms with van der Waals surface area (Å²) in [6.45, 7) is 3.82. The molecule has 1 N–H and O–H groups in total. The van der Waals surface area contributed by atoms with E-state index in [0.717, 1.165) is 17.3 Å². The molecule has 0 unspecified atom stereocenters. The number of nitrogens with zero attached hydrogens (tertiary/aromatic N) is 2. The lowest BCUT2D eigenvalue weighted by atomic mass is 10.2. The molecule has 1 amide bonds. The van der Waals surface area contributed by atoms with Crippen molar-refractivity contribution in [3.8, 4) is 0 Å². The van der Waals surface area contributed by atoms with Gasteiger partial charge in [0.25, 0.3) is 0 Å². The van der Waals surface area contributed by atoms with Crippen LogP contribution in [0.1, 0.15) is 19.8 Å². The fourth-order valence-corrected chi connectivity index (χ4v) is 4.49. The predicted octanol–water partition coefficient (Wildman–Crippen LogP) is 1.42. The van der Waals surface area contributed by atoms with Crippen LogP contribution in [-0.2, 0) is 14.8 Å². The van der Waals surface area contributed by atoms with Crippen LogP contribution in [0, 0.1) is 0 Å². The van der Waals surface area contributed by atoms with Gasteiger partial charge in [0.2, 0.25) is 15.9 Å². The third kappa shape index (κ3) is 3.99. The zero-order chi connectivity index (χ0) is 17.3. The molecule has 1 saturated heterocycles. The second-order valence-corrected chi connectivity index (χ2v) is 9.21. The monoisotopic (exact) mass is 415 g/mol. The summed E-state index contributed by atoms with van der Waals surface area (Å²) in [5.41, 5.74) is 0. The minimum absolute atomic E-state index is 0.0433. The minimum Gasteiger partial charge on any atom is -0.352 e. The quantitative estimate of drug-likeness (QED) is 0.789. The van der Waals surface area contributed by atoms with E-state index in [9.17, 15) is 13.2 Å². The van der Waals surface area contributed by atoms with Gasteiger partial charge in [-0.05, 0) is 44.0 Å². The molecule has 2 fully saturated rings. The number of benzene rings is 1. The van der Waals surface area contributed by atoms with E-state index in [1.54, 1.807) is 24.3 Å². The molecule has 1 atom stereocenters. The maximum Gasteiger partial charge on any atom is 0.243 e. The van der Waals surface area contributed by atoms with E-state index in [2.05, 4.69) is 21.2 Å². The van der Waals surface area contributed by atoms with Crippen LogP contribution in [0.5, 0.6) is 0 Å². The number of hydrogen-bond donors (Lipinski definition) is 1. The summed E-state index contributed by atoms with van der Waals surface area (Å²) in [7, 11) is -3.47. The van der Waals surface area contributed by atoms with Gasteiger partial charge in [0, 0.05) is 36.7 Å². The van der Waals surface area contributed by atoms with Crippen molar-refractivity contribution in [1.29, 1.82) is 0 Å². The van der Waals surface area contributed by atoms with E-state index in [0.29, 0.717) is 37.1 Å². The van der Waals surface area contributed by atoms with Crippen molar-refractivity contribution < 1.29 is 13.2 Å². The first-order valence-electron chi connectivity index (χ1n) is 8.18. The molecule has 2 aliphatic rings. The Morgan fingerprint density at radius 1 is 1.17 bits per heavy atom. The molecule has 0 spiro atoms. The van der Waals surface area contributed by atoms with Crippen molar-refractivity contribution in [1.82, 2.24) is 14.5 Å². The van der Waals surface area contributed by atoms with Crippen molar-refractivity contribution in [2.24, 2.45) is 0 Å². The Morgan fingerprint density at radius 2 is 1.75 bits per heavy atom. The molecule has 0 bridgehead atoms. The van der Waals surface area contributed by atoms with Crippen LogP contribution in [0.2, 0.25) is 0 Å². The molecule has 1 heterocycles. The summed E-state index contributed by atoms with van der Waals surface area (Å²) in [5, 5.41) is 3.01. The molecule has 0 aromatic heterocycles. The fraction of sp³-hybridized carbons (Fsp3) is 0.562. The van der Waals surface area contributed by atoms with Crippen LogP contribution < -0.4 is 5.32 Å². The first kappa shape index (κ1) is 17.8. The second-order valence-electron chi connectivity index (χ2n) is 6.35. The number of nitrogens with one attached hydrogen (secondary N) is 1. The van der Waals surface area contributed by atoms with Crippen molar-refractivity contribution in [2.75, 3.05) is 26.2 Å². The summed E-state index contributed by atoms with van der Waals surface area (Å²) in [6.07, 6.45) is 2.13. The predicted molar refractivity (Wildman–Crippen MR) is 95.1 cm³/mol. The zero-order valence-electron chi connectivity index (χ0n) is 13.6. The van der Waals surface area contributed by atoms with Crippen molar-refractivity contribution in [3.05, 3.63) is 28.7 Å². The van der Waals surface area contributed by atoms with Crippen LogP contribution >= 0.6 is 15.9 Å². The summed E-state index contributed by atoms with van der Waals surface area (Å²) < 4.78 is 27.7. The normalized spacial score (nSPS) is 21.4. The van der Waals surface area contributed by atoms with Gasteiger partial charge >= 0.3 is 0 Å². The fourth-order valence-electron chi connectivity index (χ4n) is 2.80.